The Labute approximate surface area is 162 Å². The molecule has 0 aliphatic carbocycles. The van der Waals surface area contributed by atoms with E-state index in [1.165, 1.54) is 0 Å². The summed E-state index contributed by atoms with van der Waals surface area (Å²) in [6.45, 7) is 6.16. The Balaban J connectivity index is 1.83. The molecule has 0 aliphatic heterocycles. The van der Waals surface area contributed by atoms with Gasteiger partial charge in [-0.1, -0.05) is 48.5 Å². The zero-order chi connectivity index (χ0) is 19.7. The van der Waals surface area contributed by atoms with Gasteiger partial charge in [-0.05, 0) is 24.6 Å². The number of hydrogen-bond acceptors (Lipinski definition) is 4. The minimum Gasteiger partial charge on any atom is -0.384 e. The maximum Gasteiger partial charge on any atom is 0.257 e. The molecule has 140 valence electrons. The van der Waals surface area contributed by atoms with Crippen LogP contribution in [0.3, 0.4) is 0 Å². The molecule has 4 rings (SSSR count). The van der Waals surface area contributed by atoms with E-state index in [4.69, 9.17) is 10.7 Å². The van der Waals surface area contributed by atoms with Gasteiger partial charge >= 0.3 is 0 Å². The highest BCUT2D eigenvalue weighted by Gasteiger charge is 2.24. The number of nitrogens with zero attached hydrogens (tertiary/aromatic N) is 3. The number of rotatable bonds is 5. The number of carbonyl (C=O) groups is 1. The molecule has 3 N–H and O–H groups in total. The van der Waals surface area contributed by atoms with Crippen LogP contribution in [-0.2, 0) is 6.54 Å². The van der Waals surface area contributed by atoms with Crippen LogP contribution in [0.2, 0.25) is 0 Å². The van der Waals surface area contributed by atoms with E-state index >= 15 is 0 Å². The summed E-state index contributed by atoms with van der Waals surface area (Å²) in [6, 6.07) is 17.2. The first-order valence-corrected chi connectivity index (χ1v) is 9.11. The zero-order valence-electron chi connectivity index (χ0n) is 15.6. The van der Waals surface area contributed by atoms with Crippen molar-refractivity contribution in [2.45, 2.75) is 19.5 Å². The molecule has 0 fully saturated rings. The lowest BCUT2D eigenvalue weighted by Crippen LogP contribution is -2.27. The molecule has 0 aliphatic rings. The Morgan fingerprint density at radius 1 is 1.14 bits per heavy atom. The first-order valence-electron chi connectivity index (χ1n) is 9.11. The van der Waals surface area contributed by atoms with Gasteiger partial charge in [0.05, 0.1) is 17.1 Å². The standard InChI is InChI=1S/C22H21N5O/c1-3-13-27-20(23)18(22(28)24-14(2)15-9-5-4-6-10-15)19-21(27)26-17-12-8-7-11-16(17)25-19/h3-12,14H,1,13,23H2,2H3,(H,24,28)/t14-/m1/s1. The van der Waals surface area contributed by atoms with Crippen molar-refractivity contribution in [1.29, 1.82) is 0 Å². The van der Waals surface area contributed by atoms with Crippen molar-refractivity contribution >= 4 is 33.9 Å². The summed E-state index contributed by atoms with van der Waals surface area (Å²) in [5.41, 5.74) is 10.3. The van der Waals surface area contributed by atoms with Gasteiger partial charge in [0.25, 0.3) is 5.91 Å². The summed E-state index contributed by atoms with van der Waals surface area (Å²) in [4.78, 5) is 22.5. The smallest absolute Gasteiger partial charge is 0.257 e. The number of benzene rings is 2. The van der Waals surface area contributed by atoms with Crippen LogP contribution in [-0.4, -0.2) is 20.4 Å². The van der Waals surface area contributed by atoms with Gasteiger partial charge in [-0.2, -0.15) is 0 Å². The fourth-order valence-electron chi connectivity index (χ4n) is 3.35. The van der Waals surface area contributed by atoms with E-state index in [0.717, 1.165) is 16.6 Å². The second kappa shape index (κ2) is 7.15. The van der Waals surface area contributed by atoms with E-state index in [1.807, 2.05) is 61.5 Å². The Morgan fingerprint density at radius 2 is 1.79 bits per heavy atom. The van der Waals surface area contributed by atoms with Crippen LogP contribution in [0.25, 0.3) is 22.2 Å². The van der Waals surface area contributed by atoms with E-state index in [9.17, 15) is 4.79 Å². The molecule has 0 radical (unpaired) electrons. The number of carbonyl (C=O) groups excluding carboxylic acids is 1. The van der Waals surface area contributed by atoms with Crippen molar-refractivity contribution in [2.24, 2.45) is 0 Å². The lowest BCUT2D eigenvalue weighted by molar-refractivity contribution is 0.0942. The fraction of sp³-hybridized carbons (Fsp3) is 0.136. The molecule has 1 amide bonds. The van der Waals surface area contributed by atoms with Crippen LogP contribution in [0.15, 0.2) is 67.3 Å². The van der Waals surface area contributed by atoms with Gasteiger partial charge in [0.1, 0.15) is 16.9 Å². The summed E-state index contributed by atoms with van der Waals surface area (Å²) < 4.78 is 1.77. The molecule has 6 nitrogen and oxygen atoms in total. The molecule has 2 heterocycles. The minimum absolute atomic E-state index is 0.167. The number of aromatic nitrogens is 3. The third-order valence-corrected chi connectivity index (χ3v) is 4.78. The first kappa shape index (κ1) is 17.7. The molecule has 0 bridgehead atoms. The fourth-order valence-corrected chi connectivity index (χ4v) is 3.35. The van der Waals surface area contributed by atoms with Gasteiger partial charge in [-0.15, -0.1) is 6.58 Å². The Hall–Kier alpha value is -3.67. The lowest BCUT2D eigenvalue weighted by atomic mass is 10.1. The highest BCUT2D eigenvalue weighted by Crippen LogP contribution is 2.28. The maximum atomic E-state index is 13.1. The van der Waals surface area contributed by atoms with E-state index < -0.39 is 0 Å². The maximum absolute atomic E-state index is 13.1. The Bertz CT molecular complexity index is 1180. The molecule has 0 saturated carbocycles. The Morgan fingerprint density at radius 3 is 2.46 bits per heavy atom. The topological polar surface area (TPSA) is 85.8 Å². The summed E-state index contributed by atoms with van der Waals surface area (Å²) >= 11 is 0. The predicted octanol–water partition coefficient (Wildman–Crippen LogP) is 3.84. The number of para-hydroxylation sites is 2. The van der Waals surface area contributed by atoms with Gasteiger partial charge in [0.15, 0.2) is 5.65 Å². The molecule has 0 spiro atoms. The molecule has 0 saturated heterocycles. The number of hydrogen-bond donors (Lipinski definition) is 2. The third-order valence-electron chi connectivity index (χ3n) is 4.78. The number of fused-ring (bicyclic) bond motifs is 2. The highest BCUT2D eigenvalue weighted by atomic mass is 16.1. The number of nitrogen functional groups attached to an aromatic ring is 1. The van der Waals surface area contributed by atoms with E-state index in [0.29, 0.717) is 29.1 Å². The van der Waals surface area contributed by atoms with Gasteiger partial charge in [-0.3, -0.25) is 4.79 Å². The zero-order valence-corrected chi connectivity index (χ0v) is 15.6. The van der Waals surface area contributed by atoms with Crippen LogP contribution in [0.1, 0.15) is 28.9 Å². The molecular weight excluding hydrogens is 350 g/mol. The number of nitrogens with two attached hydrogens (primary N) is 1. The van der Waals surface area contributed by atoms with Gasteiger partial charge in [0.2, 0.25) is 0 Å². The summed E-state index contributed by atoms with van der Waals surface area (Å²) in [5.74, 6) is 0.0641. The number of allylic oxidation sites excluding steroid dienone is 1. The van der Waals surface area contributed by atoms with Crippen LogP contribution < -0.4 is 11.1 Å². The second-order valence-corrected chi connectivity index (χ2v) is 6.65. The normalized spacial score (nSPS) is 12.2. The Kier molecular flexibility index (Phi) is 4.53. The van der Waals surface area contributed by atoms with Crippen molar-refractivity contribution in [3.05, 3.63) is 78.4 Å². The average Bonchev–Trinajstić information content (AvgIpc) is 2.98. The van der Waals surface area contributed by atoms with E-state index in [1.54, 1.807) is 10.6 Å². The monoisotopic (exact) mass is 371 g/mol. The van der Waals surface area contributed by atoms with Crippen molar-refractivity contribution in [3.63, 3.8) is 0 Å². The molecule has 2 aromatic heterocycles. The van der Waals surface area contributed by atoms with Crippen molar-refractivity contribution in [3.8, 4) is 0 Å². The SMILES string of the molecule is C=CCn1c(N)c(C(=O)N[C@H](C)c2ccccc2)c2nc3ccccc3nc21. The van der Waals surface area contributed by atoms with Crippen LogP contribution >= 0.6 is 0 Å². The van der Waals surface area contributed by atoms with Gasteiger partial charge < -0.3 is 15.6 Å². The molecule has 0 unspecified atom stereocenters. The quantitative estimate of drug-likeness (QED) is 0.522. The molecule has 2 aromatic carbocycles. The highest BCUT2D eigenvalue weighted by molar-refractivity contribution is 6.10. The summed E-state index contributed by atoms with van der Waals surface area (Å²) in [5, 5.41) is 3.02. The first-order chi connectivity index (χ1) is 13.6. The van der Waals surface area contributed by atoms with Gasteiger partial charge in [-0.25, -0.2) is 9.97 Å². The summed E-state index contributed by atoms with van der Waals surface area (Å²) in [6.07, 6.45) is 1.72. The second-order valence-electron chi connectivity index (χ2n) is 6.65. The van der Waals surface area contributed by atoms with Crippen molar-refractivity contribution in [1.82, 2.24) is 19.9 Å². The molecule has 4 aromatic rings. The van der Waals surface area contributed by atoms with E-state index in [2.05, 4.69) is 16.9 Å². The minimum atomic E-state index is -0.272. The third kappa shape index (κ3) is 2.99. The molecule has 6 heteroatoms. The average molecular weight is 371 g/mol. The molecular formula is C22H21N5O. The van der Waals surface area contributed by atoms with Gasteiger partial charge in [0, 0.05) is 6.54 Å². The number of nitrogens with one attached hydrogen (secondary N) is 1. The predicted molar refractivity (Wildman–Crippen MR) is 112 cm³/mol. The lowest BCUT2D eigenvalue weighted by Gasteiger charge is -2.14. The van der Waals surface area contributed by atoms with E-state index in [-0.39, 0.29) is 11.9 Å². The largest absolute Gasteiger partial charge is 0.384 e. The number of amides is 1. The van der Waals surface area contributed by atoms with Crippen LogP contribution in [0.4, 0.5) is 5.82 Å². The van der Waals surface area contributed by atoms with Crippen molar-refractivity contribution in [2.75, 3.05) is 5.73 Å². The van der Waals surface area contributed by atoms with Crippen LogP contribution in [0.5, 0.6) is 0 Å². The summed E-state index contributed by atoms with van der Waals surface area (Å²) in [7, 11) is 0. The molecule has 1 atom stereocenters. The molecule has 28 heavy (non-hydrogen) atoms. The van der Waals surface area contributed by atoms with Crippen molar-refractivity contribution < 1.29 is 4.79 Å². The van der Waals surface area contributed by atoms with Crippen LogP contribution in [0, 0.1) is 0 Å². The number of anilines is 1.